The van der Waals surface area contributed by atoms with Crippen LogP contribution in [0.15, 0.2) is 23.2 Å². The van der Waals surface area contributed by atoms with Crippen LogP contribution < -0.4 is 15.2 Å². The molecule has 0 saturated heterocycles. The number of methoxy groups -OCH3 is 3. The molecular formula is C12H18N2O3. The zero-order chi connectivity index (χ0) is 12.7. The Morgan fingerprint density at radius 3 is 2.18 bits per heavy atom. The molecule has 0 fully saturated rings. The molecule has 0 aliphatic carbocycles. The Balaban J connectivity index is 2.91. The number of rotatable bonds is 6. The smallest absolute Gasteiger partial charge is 0.125 e. The second-order valence-corrected chi connectivity index (χ2v) is 3.36. The van der Waals surface area contributed by atoms with Crippen LogP contribution in [0.4, 0.5) is 0 Å². The largest absolute Gasteiger partial charge is 0.497 e. The Labute approximate surface area is 101 Å². The van der Waals surface area contributed by atoms with E-state index in [1.165, 1.54) is 0 Å². The van der Waals surface area contributed by atoms with E-state index in [2.05, 4.69) is 4.99 Å². The molecule has 17 heavy (non-hydrogen) atoms. The molecule has 0 bridgehead atoms. The highest BCUT2D eigenvalue weighted by molar-refractivity contribution is 5.98. The molecule has 1 aromatic rings. The summed E-state index contributed by atoms with van der Waals surface area (Å²) in [6.45, 7) is 1.07. The molecule has 0 amide bonds. The van der Waals surface area contributed by atoms with E-state index in [1.807, 2.05) is 12.1 Å². The van der Waals surface area contributed by atoms with Crippen LogP contribution >= 0.6 is 0 Å². The highest BCUT2D eigenvalue weighted by atomic mass is 16.5. The van der Waals surface area contributed by atoms with E-state index >= 15 is 0 Å². The van der Waals surface area contributed by atoms with E-state index in [0.717, 1.165) is 5.56 Å². The van der Waals surface area contributed by atoms with Crippen molar-refractivity contribution in [3.05, 3.63) is 23.8 Å². The second kappa shape index (κ2) is 6.75. The van der Waals surface area contributed by atoms with Gasteiger partial charge in [0, 0.05) is 18.7 Å². The van der Waals surface area contributed by atoms with Crippen LogP contribution in [0.3, 0.4) is 0 Å². The van der Waals surface area contributed by atoms with Gasteiger partial charge in [0.25, 0.3) is 0 Å². The average Bonchev–Trinajstić information content (AvgIpc) is 2.38. The van der Waals surface area contributed by atoms with Gasteiger partial charge in [-0.3, -0.25) is 4.99 Å². The number of aliphatic imine (C=N–C) groups is 1. The molecule has 5 nitrogen and oxygen atoms in total. The zero-order valence-electron chi connectivity index (χ0n) is 10.4. The molecule has 0 atom stereocenters. The maximum absolute atomic E-state index is 5.87. The molecule has 5 heteroatoms. The molecule has 0 radical (unpaired) electrons. The minimum atomic E-state index is 0.444. The number of nitrogens with two attached hydrogens (primary N) is 1. The van der Waals surface area contributed by atoms with Gasteiger partial charge < -0.3 is 19.9 Å². The van der Waals surface area contributed by atoms with Crippen LogP contribution in [0, 0.1) is 0 Å². The monoisotopic (exact) mass is 238 g/mol. The molecule has 0 aliphatic rings. The lowest BCUT2D eigenvalue weighted by atomic mass is 10.2. The number of ether oxygens (including phenoxy) is 3. The maximum Gasteiger partial charge on any atom is 0.125 e. The third-order valence-corrected chi connectivity index (χ3v) is 2.22. The highest BCUT2D eigenvalue weighted by Gasteiger charge is 2.04. The first-order valence-electron chi connectivity index (χ1n) is 5.23. The Bertz CT molecular complexity index is 369. The van der Waals surface area contributed by atoms with Crippen LogP contribution in [-0.4, -0.2) is 40.3 Å². The van der Waals surface area contributed by atoms with Crippen LogP contribution in [0.5, 0.6) is 11.5 Å². The van der Waals surface area contributed by atoms with Crippen LogP contribution in [0.2, 0.25) is 0 Å². The van der Waals surface area contributed by atoms with Crippen molar-refractivity contribution in [3.8, 4) is 11.5 Å². The van der Waals surface area contributed by atoms with E-state index in [4.69, 9.17) is 19.9 Å². The van der Waals surface area contributed by atoms with Crippen LogP contribution in [-0.2, 0) is 4.74 Å². The van der Waals surface area contributed by atoms with Crippen molar-refractivity contribution >= 4 is 5.84 Å². The molecule has 0 saturated carbocycles. The summed E-state index contributed by atoms with van der Waals surface area (Å²) in [4.78, 5) is 4.19. The Hall–Kier alpha value is -1.75. The summed E-state index contributed by atoms with van der Waals surface area (Å²) < 4.78 is 15.2. The summed E-state index contributed by atoms with van der Waals surface area (Å²) in [6.07, 6.45) is 0. The summed E-state index contributed by atoms with van der Waals surface area (Å²) in [5.74, 6) is 1.81. The van der Waals surface area contributed by atoms with E-state index < -0.39 is 0 Å². The maximum atomic E-state index is 5.87. The van der Waals surface area contributed by atoms with Gasteiger partial charge in [-0.05, 0) is 12.1 Å². The van der Waals surface area contributed by atoms with Gasteiger partial charge in [0.05, 0.1) is 27.4 Å². The second-order valence-electron chi connectivity index (χ2n) is 3.36. The SMILES string of the molecule is COCCN=C(N)c1cc(OC)cc(OC)c1. The molecule has 0 spiro atoms. The lowest BCUT2D eigenvalue weighted by Gasteiger charge is -2.08. The average molecular weight is 238 g/mol. The molecule has 2 N–H and O–H groups in total. The van der Waals surface area contributed by atoms with Crippen molar-refractivity contribution in [2.24, 2.45) is 10.7 Å². The van der Waals surface area contributed by atoms with Crippen molar-refractivity contribution in [3.63, 3.8) is 0 Å². The van der Waals surface area contributed by atoms with E-state index in [1.54, 1.807) is 27.4 Å². The van der Waals surface area contributed by atoms with E-state index in [-0.39, 0.29) is 0 Å². The van der Waals surface area contributed by atoms with Crippen molar-refractivity contribution in [1.29, 1.82) is 0 Å². The number of hydrogen-bond acceptors (Lipinski definition) is 4. The molecule has 0 unspecified atom stereocenters. The van der Waals surface area contributed by atoms with Gasteiger partial charge in [0.15, 0.2) is 0 Å². The molecule has 0 aromatic heterocycles. The van der Waals surface area contributed by atoms with Crippen molar-refractivity contribution < 1.29 is 14.2 Å². The Morgan fingerprint density at radius 2 is 1.71 bits per heavy atom. The van der Waals surface area contributed by atoms with E-state index in [9.17, 15) is 0 Å². The normalized spacial score (nSPS) is 11.4. The van der Waals surface area contributed by atoms with Gasteiger partial charge in [-0.2, -0.15) is 0 Å². The number of amidine groups is 1. The van der Waals surface area contributed by atoms with Gasteiger partial charge in [0.1, 0.15) is 17.3 Å². The lowest BCUT2D eigenvalue weighted by molar-refractivity contribution is 0.208. The molecule has 1 aromatic carbocycles. The van der Waals surface area contributed by atoms with Gasteiger partial charge in [-0.15, -0.1) is 0 Å². The molecule has 0 heterocycles. The summed E-state index contributed by atoms with van der Waals surface area (Å²) in [5.41, 5.74) is 6.64. The summed E-state index contributed by atoms with van der Waals surface area (Å²) in [6, 6.07) is 5.41. The topological polar surface area (TPSA) is 66.1 Å². The summed E-state index contributed by atoms with van der Waals surface area (Å²) in [7, 11) is 4.81. The third kappa shape index (κ3) is 3.96. The fraction of sp³-hybridized carbons (Fsp3) is 0.417. The van der Waals surface area contributed by atoms with Crippen molar-refractivity contribution in [2.75, 3.05) is 34.5 Å². The van der Waals surface area contributed by atoms with Crippen molar-refractivity contribution in [1.82, 2.24) is 0 Å². The first-order valence-corrected chi connectivity index (χ1v) is 5.23. The minimum absolute atomic E-state index is 0.444. The molecule has 94 valence electrons. The first kappa shape index (κ1) is 13.3. The quantitative estimate of drug-likeness (QED) is 0.457. The zero-order valence-corrected chi connectivity index (χ0v) is 10.4. The standard InChI is InChI=1S/C12H18N2O3/c1-15-5-4-14-12(13)9-6-10(16-2)8-11(7-9)17-3/h6-8H,4-5H2,1-3H3,(H2,13,14). The van der Waals surface area contributed by atoms with E-state index in [0.29, 0.717) is 30.5 Å². The highest BCUT2D eigenvalue weighted by Crippen LogP contribution is 2.22. The summed E-state index contributed by atoms with van der Waals surface area (Å²) >= 11 is 0. The van der Waals surface area contributed by atoms with Crippen LogP contribution in [0.1, 0.15) is 5.56 Å². The number of nitrogens with zero attached hydrogens (tertiary/aromatic N) is 1. The Kier molecular flexibility index (Phi) is 5.29. The number of benzene rings is 1. The summed E-state index contributed by atoms with van der Waals surface area (Å²) in [5, 5.41) is 0. The first-order chi connectivity index (χ1) is 8.21. The molecular weight excluding hydrogens is 220 g/mol. The molecule has 0 aliphatic heterocycles. The molecule has 1 rings (SSSR count). The van der Waals surface area contributed by atoms with Gasteiger partial charge in [-0.25, -0.2) is 0 Å². The lowest BCUT2D eigenvalue weighted by Crippen LogP contribution is -2.15. The number of hydrogen-bond donors (Lipinski definition) is 1. The van der Waals surface area contributed by atoms with Crippen LogP contribution in [0.25, 0.3) is 0 Å². The fourth-order valence-electron chi connectivity index (χ4n) is 1.30. The predicted octanol–water partition coefficient (Wildman–Crippen LogP) is 1.06. The van der Waals surface area contributed by atoms with Gasteiger partial charge in [0.2, 0.25) is 0 Å². The van der Waals surface area contributed by atoms with Gasteiger partial charge >= 0.3 is 0 Å². The predicted molar refractivity (Wildman–Crippen MR) is 67.0 cm³/mol. The van der Waals surface area contributed by atoms with Gasteiger partial charge in [-0.1, -0.05) is 0 Å². The third-order valence-electron chi connectivity index (χ3n) is 2.22. The Morgan fingerprint density at radius 1 is 1.12 bits per heavy atom. The minimum Gasteiger partial charge on any atom is -0.497 e. The fourth-order valence-corrected chi connectivity index (χ4v) is 1.30. The van der Waals surface area contributed by atoms with Crippen molar-refractivity contribution in [2.45, 2.75) is 0 Å².